The van der Waals surface area contributed by atoms with E-state index in [1.165, 1.54) is 17.4 Å². The number of anilines is 1. The molecule has 1 atom stereocenters. The lowest BCUT2D eigenvalue weighted by Crippen LogP contribution is -2.26. The van der Waals surface area contributed by atoms with Crippen molar-refractivity contribution < 1.29 is 9.59 Å². The van der Waals surface area contributed by atoms with Gasteiger partial charge in [0.2, 0.25) is 5.91 Å². The Labute approximate surface area is 161 Å². The van der Waals surface area contributed by atoms with Gasteiger partial charge in [0.1, 0.15) is 5.01 Å². The van der Waals surface area contributed by atoms with E-state index >= 15 is 0 Å². The van der Waals surface area contributed by atoms with Gasteiger partial charge < -0.3 is 10.6 Å². The highest BCUT2D eigenvalue weighted by molar-refractivity contribution is 7.10. The van der Waals surface area contributed by atoms with Crippen LogP contribution < -0.4 is 10.6 Å². The molecule has 1 unspecified atom stereocenters. The summed E-state index contributed by atoms with van der Waals surface area (Å²) in [5, 5.41) is 8.41. The van der Waals surface area contributed by atoms with Crippen molar-refractivity contribution in [2.24, 2.45) is 0 Å². The predicted octanol–water partition coefficient (Wildman–Crippen LogP) is 4.43. The van der Waals surface area contributed by atoms with Crippen molar-refractivity contribution in [1.29, 1.82) is 0 Å². The maximum atomic E-state index is 12.5. The van der Waals surface area contributed by atoms with Gasteiger partial charge in [0.25, 0.3) is 5.91 Å². The minimum absolute atomic E-state index is 0.228. The van der Waals surface area contributed by atoms with Gasteiger partial charge in [-0.15, -0.1) is 11.3 Å². The molecule has 0 spiro atoms. The Morgan fingerprint density at radius 2 is 1.93 bits per heavy atom. The van der Waals surface area contributed by atoms with Gasteiger partial charge in [-0.3, -0.25) is 9.59 Å². The Balaban J connectivity index is 1.69. The molecule has 2 aromatic carbocycles. The zero-order chi connectivity index (χ0) is 19.2. The van der Waals surface area contributed by atoms with Crippen molar-refractivity contribution >= 4 is 28.8 Å². The molecule has 0 aliphatic rings. The van der Waals surface area contributed by atoms with Gasteiger partial charge in [0.05, 0.1) is 11.7 Å². The van der Waals surface area contributed by atoms with Crippen LogP contribution in [0.15, 0.2) is 72.6 Å². The Morgan fingerprint density at radius 3 is 2.67 bits per heavy atom. The zero-order valence-electron chi connectivity index (χ0n) is 14.8. The highest BCUT2D eigenvalue weighted by Gasteiger charge is 2.15. The number of hydrogen-bond donors (Lipinski definition) is 2. The third-order valence-corrected chi connectivity index (χ3v) is 4.91. The standard InChI is InChI=1S/C21H19N3O2S/c1-3-19(25)23-17-11-7-10-16(12-17)20(26)22-14(2)21-24-18(13-27-21)15-8-5-4-6-9-15/h3-14H,1H2,2H3,(H,22,26)(H,23,25). The van der Waals surface area contributed by atoms with Crippen LogP contribution in [0.1, 0.15) is 28.3 Å². The van der Waals surface area contributed by atoms with Gasteiger partial charge in [-0.05, 0) is 31.2 Å². The summed E-state index contributed by atoms with van der Waals surface area (Å²) >= 11 is 1.51. The fourth-order valence-corrected chi connectivity index (χ4v) is 3.34. The van der Waals surface area contributed by atoms with E-state index in [-0.39, 0.29) is 17.9 Å². The summed E-state index contributed by atoms with van der Waals surface area (Å²) < 4.78 is 0. The molecular formula is C21H19N3O2S. The van der Waals surface area contributed by atoms with Gasteiger partial charge in [0, 0.05) is 22.2 Å². The molecule has 2 amide bonds. The molecule has 0 fully saturated rings. The molecule has 5 nitrogen and oxygen atoms in total. The molecule has 3 aromatic rings. The minimum atomic E-state index is -0.322. The first-order chi connectivity index (χ1) is 13.1. The summed E-state index contributed by atoms with van der Waals surface area (Å²) in [6.45, 7) is 5.31. The zero-order valence-corrected chi connectivity index (χ0v) is 15.6. The summed E-state index contributed by atoms with van der Waals surface area (Å²) in [4.78, 5) is 28.6. The Kier molecular flexibility index (Phi) is 5.78. The quantitative estimate of drug-likeness (QED) is 0.625. The van der Waals surface area contributed by atoms with Crippen LogP contribution in [-0.4, -0.2) is 16.8 Å². The molecule has 0 saturated carbocycles. The van der Waals surface area contributed by atoms with E-state index < -0.39 is 0 Å². The number of nitrogens with zero attached hydrogens (tertiary/aromatic N) is 1. The number of aromatic nitrogens is 1. The second kappa shape index (κ2) is 8.42. The fraction of sp³-hybridized carbons (Fsp3) is 0.0952. The van der Waals surface area contributed by atoms with E-state index in [0.29, 0.717) is 11.3 Å². The van der Waals surface area contributed by atoms with E-state index in [1.807, 2.05) is 42.6 Å². The van der Waals surface area contributed by atoms with Crippen LogP contribution >= 0.6 is 11.3 Å². The van der Waals surface area contributed by atoms with E-state index in [9.17, 15) is 9.59 Å². The molecule has 2 N–H and O–H groups in total. The predicted molar refractivity (Wildman–Crippen MR) is 109 cm³/mol. The Morgan fingerprint density at radius 1 is 1.15 bits per heavy atom. The first-order valence-corrected chi connectivity index (χ1v) is 9.30. The fourth-order valence-electron chi connectivity index (χ4n) is 2.50. The van der Waals surface area contributed by atoms with Crippen LogP contribution in [0.5, 0.6) is 0 Å². The second-order valence-electron chi connectivity index (χ2n) is 5.91. The maximum Gasteiger partial charge on any atom is 0.251 e. The smallest absolute Gasteiger partial charge is 0.251 e. The van der Waals surface area contributed by atoms with Gasteiger partial charge in [-0.25, -0.2) is 4.98 Å². The van der Waals surface area contributed by atoms with Crippen molar-refractivity contribution in [3.63, 3.8) is 0 Å². The van der Waals surface area contributed by atoms with Crippen LogP contribution in [0.3, 0.4) is 0 Å². The molecule has 27 heavy (non-hydrogen) atoms. The minimum Gasteiger partial charge on any atom is -0.343 e. The number of nitrogens with one attached hydrogen (secondary N) is 2. The summed E-state index contributed by atoms with van der Waals surface area (Å²) in [5.41, 5.74) is 2.94. The Hall–Kier alpha value is -3.25. The molecule has 0 saturated heterocycles. The molecular weight excluding hydrogens is 358 g/mol. The van der Waals surface area contributed by atoms with Crippen molar-refractivity contribution in [3.8, 4) is 11.3 Å². The van der Waals surface area contributed by atoms with Crippen molar-refractivity contribution in [2.45, 2.75) is 13.0 Å². The molecule has 1 aromatic heterocycles. The third kappa shape index (κ3) is 4.68. The summed E-state index contributed by atoms with van der Waals surface area (Å²) in [7, 11) is 0. The van der Waals surface area contributed by atoms with Crippen molar-refractivity contribution in [3.05, 3.63) is 83.2 Å². The summed E-state index contributed by atoms with van der Waals surface area (Å²) in [5.74, 6) is -0.550. The molecule has 0 bridgehead atoms. The van der Waals surface area contributed by atoms with E-state index in [4.69, 9.17) is 0 Å². The maximum absolute atomic E-state index is 12.5. The molecule has 0 radical (unpaired) electrons. The van der Waals surface area contributed by atoms with Crippen molar-refractivity contribution in [1.82, 2.24) is 10.3 Å². The first-order valence-electron chi connectivity index (χ1n) is 8.42. The average molecular weight is 377 g/mol. The second-order valence-corrected chi connectivity index (χ2v) is 6.80. The van der Waals surface area contributed by atoms with Crippen LogP contribution in [0.4, 0.5) is 5.69 Å². The monoisotopic (exact) mass is 377 g/mol. The van der Waals surface area contributed by atoms with E-state index in [1.54, 1.807) is 24.3 Å². The number of carbonyl (C=O) groups is 2. The number of amides is 2. The summed E-state index contributed by atoms with van der Waals surface area (Å²) in [6.07, 6.45) is 1.18. The van der Waals surface area contributed by atoms with E-state index in [0.717, 1.165) is 16.3 Å². The summed E-state index contributed by atoms with van der Waals surface area (Å²) in [6, 6.07) is 16.4. The van der Waals surface area contributed by atoms with Crippen LogP contribution in [0.2, 0.25) is 0 Å². The molecule has 6 heteroatoms. The van der Waals surface area contributed by atoms with Gasteiger partial charge in [-0.1, -0.05) is 43.0 Å². The van der Waals surface area contributed by atoms with Crippen LogP contribution in [0, 0.1) is 0 Å². The highest BCUT2D eigenvalue weighted by Crippen LogP contribution is 2.25. The van der Waals surface area contributed by atoms with Crippen molar-refractivity contribution in [2.75, 3.05) is 5.32 Å². The van der Waals surface area contributed by atoms with Crippen LogP contribution in [0.25, 0.3) is 11.3 Å². The highest BCUT2D eigenvalue weighted by atomic mass is 32.1. The molecule has 0 aliphatic carbocycles. The van der Waals surface area contributed by atoms with E-state index in [2.05, 4.69) is 22.2 Å². The molecule has 3 rings (SSSR count). The topological polar surface area (TPSA) is 71.1 Å². The molecule has 136 valence electrons. The number of thiazole rings is 1. The van der Waals surface area contributed by atoms with Gasteiger partial charge >= 0.3 is 0 Å². The molecule has 0 aliphatic heterocycles. The van der Waals surface area contributed by atoms with Gasteiger partial charge in [0.15, 0.2) is 0 Å². The molecule has 1 heterocycles. The number of benzene rings is 2. The third-order valence-electron chi connectivity index (χ3n) is 3.89. The van der Waals surface area contributed by atoms with Gasteiger partial charge in [-0.2, -0.15) is 0 Å². The lowest BCUT2D eigenvalue weighted by atomic mass is 10.1. The lowest BCUT2D eigenvalue weighted by molar-refractivity contribution is -0.111. The lowest BCUT2D eigenvalue weighted by Gasteiger charge is -2.12. The number of hydrogen-bond acceptors (Lipinski definition) is 4. The number of carbonyl (C=O) groups excluding carboxylic acids is 2. The first kappa shape index (κ1) is 18.5. The Bertz CT molecular complexity index is 966. The normalized spacial score (nSPS) is 11.4. The largest absolute Gasteiger partial charge is 0.343 e. The number of rotatable bonds is 6. The van der Waals surface area contributed by atoms with Crippen LogP contribution in [-0.2, 0) is 4.79 Å². The average Bonchev–Trinajstić information content (AvgIpc) is 3.19. The SMILES string of the molecule is C=CC(=O)Nc1cccc(C(=O)NC(C)c2nc(-c3ccccc3)cs2)c1.